The zero-order valence-corrected chi connectivity index (χ0v) is 11.4. The van der Waals surface area contributed by atoms with Gasteiger partial charge in [-0.15, -0.1) is 0 Å². The summed E-state index contributed by atoms with van der Waals surface area (Å²) in [5.74, 6) is -0.286. The van der Waals surface area contributed by atoms with Crippen LogP contribution in [0.3, 0.4) is 0 Å². The third-order valence-corrected chi connectivity index (χ3v) is 2.13. The number of hydrogen-bond acceptors (Lipinski definition) is 5. The molecule has 0 saturated carbocycles. The van der Waals surface area contributed by atoms with E-state index in [-0.39, 0.29) is 5.97 Å². The molecule has 0 amide bonds. The largest absolute Gasteiger partial charge is 0.463 e. The number of rotatable bonds is 12. The zero-order valence-electron chi connectivity index (χ0n) is 11.4. The minimum Gasteiger partial charge on any atom is -0.463 e. The summed E-state index contributed by atoms with van der Waals surface area (Å²) in [5.41, 5.74) is 0. The number of ether oxygens (including phenoxy) is 3. The Morgan fingerprint density at radius 1 is 1.22 bits per heavy atom. The number of nitrogens with one attached hydrogen (secondary N) is 1. The molecule has 0 aromatic carbocycles. The first-order valence-electron chi connectivity index (χ1n) is 6.42. The molecule has 0 saturated heterocycles. The highest BCUT2D eigenvalue weighted by atomic mass is 16.5. The Kier molecular flexibility index (Phi) is 13.4. The number of esters is 1. The highest BCUT2D eigenvalue weighted by Crippen LogP contribution is 1.89. The van der Waals surface area contributed by atoms with E-state index < -0.39 is 0 Å². The molecule has 0 aromatic heterocycles. The molecule has 5 nitrogen and oxygen atoms in total. The molecule has 0 spiro atoms. The van der Waals surface area contributed by atoms with E-state index in [1.54, 1.807) is 20.1 Å². The van der Waals surface area contributed by atoms with E-state index in [2.05, 4.69) is 5.32 Å². The van der Waals surface area contributed by atoms with Crippen molar-refractivity contribution in [1.82, 2.24) is 5.32 Å². The Labute approximate surface area is 109 Å². The zero-order chi connectivity index (χ0) is 13.5. The van der Waals surface area contributed by atoms with Crippen LogP contribution in [0.2, 0.25) is 0 Å². The van der Waals surface area contributed by atoms with Crippen molar-refractivity contribution in [2.24, 2.45) is 0 Å². The second-order valence-corrected chi connectivity index (χ2v) is 3.67. The van der Waals surface area contributed by atoms with Crippen LogP contribution in [0.4, 0.5) is 0 Å². The summed E-state index contributed by atoms with van der Waals surface area (Å²) < 4.78 is 15.0. The fourth-order valence-corrected chi connectivity index (χ4v) is 1.23. The Morgan fingerprint density at radius 3 is 2.78 bits per heavy atom. The molecule has 1 N–H and O–H groups in total. The van der Waals surface area contributed by atoms with Gasteiger partial charge in [0.15, 0.2) is 0 Å². The van der Waals surface area contributed by atoms with E-state index in [0.29, 0.717) is 26.4 Å². The van der Waals surface area contributed by atoms with Crippen molar-refractivity contribution >= 4 is 5.97 Å². The van der Waals surface area contributed by atoms with Crippen molar-refractivity contribution in [3.8, 4) is 0 Å². The number of carbonyl (C=O) groups is 1. The lowest BCUT2D eigenvalue weighted by Crippen LogP contribution is -2.16. The average molecular weight is 259 g/mol. The van der Waals surface area contributed by atoms with Crippen molar-refractivity contribution in [3.05, 3.63) is 12.2 Å². The molecule has 0 atom stereocenters. The summed E-state index contributed by atoms with van der Waals surface area (Å²) in [4.78, 5) is 10.9. The molecule has 0 rings (SSSR count). The van der Waals surface area contributed by atoms with Crippen LogP contribution in [0, 0.1) is 0 Å². The maximum atomic E-state index is 10.9. The van der Waals surface area contributed by atoms with Gasteiger partial charge in [0.25, 0.3) is 0 Å². The van der Waals surface area contributed by atoms with Crippen molar-refractivity contribution in [2.75, 3.05) is 46.6 Å². The summed E-state index contributed by atoms with van der Waals surface area (Å²) >= 11 is 0. The number of carbonyl (C=O) groups excluding carboxylic acids is 1. The lowest BCUT2D eigenvalue weighted by Gasteiger charge is -2.04. The van der Waals surface area contributed by atoms with Crippen LogP contribution in [0.25, 0.3) is 0 Å². The SMILES string of the molecule is CCOC(=O)/C=C/CNCCCCOCCOC. The topological polar surface area (TPSA) is 56.8 Å². The summed E-state index contributed by atoms with van der Waals surface area (Å²) in [6.45, 7) is 5.88. The maximum absolute atomic E-state index is 10.9. The van der Waals surface area contributed by atoms with Crippen molar-refractivity contribution in [1.29, 1.82) is 0 Å². The van der Waals surface area contributed by atoms with E-state index in [0.717, 1.165) is 26.0 Å². The van der Waals surface area contributed by atoms with Gasteiger partial charge in [0.05, 0.1) is 19.8 Å². The van der Waals surface area contributed by atoms with Gasteiger partial charge in [0.1, 0.15) is 0 Å². The van der Waals surface area contributed by atoms with Crippen LogP contribution in [0.15, 0.2) is 12.2 Å². The molecule has 0 fully saturated rings. The third kappa shape index (κ3) is 13.2. The predicted octanol–water partition coefficient (Wildman–Crippen LogP) is 1.14. The van der Waals surface area contributed by atoms with Crippen LogP contribution in [-0.4, -0.2) is 52.6 Å². The molecule has 18 heavy (non-hydrogen) atoms. The standard InChI is InChI=1S/C13H25NO4/c1-3-18-13(15)7-6-9-14-8-4-5-10-17-12-11-16-2/h6-7,14H,3-5,8-12H2,1-2H3/b7-6+. The van der Waals surface area contributed by atoms with Gasteiger partial charge < -0.3 is 19.5 Å². The fraction of sp³-hybridized carbons (Fsp3) is 0.769. The minimum atomic E-state index is -0.286. The fourth-order valence-electron chi connectivity index (χ4n) is 1.23. The molecule has 106 valence electrons. The highest BCUT2D eigenvalue weighted by Gasteiger charge is 1.92. The summed E-state index contributed by atoms with van der Waals surface area (Å²) in [7, 11) is 1.66. The minimum absolute atomic E-state index is 0.286. The predicted molar refractivity (Wildman–Crippen MR) is 70.6 cm³/mol. The first-order valence-corrected chi connectivity index (χ1v) is 6.42. The summed E-state index contributed by atoms with van der Waals surface area (Å²) in [5, 5.41) is 3.21. The molecule has 5 heteroatoms. The number of hydrogen-bond donors (Lipinski definition) is 1. The van der Waals surface area contributed by atoms with E-state index in [9.17, 15) is 4.79 Å². The number of unbranched alkanes of at least 4 members (excludes halogenated alkanes) is 1. The van der Waals surface area contributed by atoms with Gasteiger partial charge in [-0.2, -0.15) is 0 Å². The van der Waals surface area contributed by atoms with Crippen LogP contribution < -0.4 is 5.32 Å². The molecular formula is C13H25NO4. The quantitative estimate of drug-likeness (QED) is 0.323. The molecule has 0 unspecified atom stereocenters. The van der Waals surface area contributed by atoms with Crippen LogP contribution in [-0.2, 0) is 19.0 Å². The number of methoxy groups -OCH3 is 1. The third-order valence-electron chi connectivity index (χ3n) is 2.13. The van der Waals surface area contributed by atoms with Gasteiger partial charge in [-0.05, 0) is 26.3 Å². The Bertz CT molecular complexity index is 219. The molecule has 0 aliphatic carbocycles. The molecule has 0 aliphatic rings. The summed E-state index contributed by atoms with van der Waals surface area (Å²) in [6, 6.07) is 0. The van der Waals surface area contributed by atoms with Crippen molar-refractivity contribution < 1.29 is 19.0 Å². The van der Waals surface area contributed by atoms with E-state index >= 15 is 0 Å². The summed E-state index contributed by atoms with van der Waals surface area (Å²) in [6.07, 6.45) is 5.30. The maximum Gasteiger partial charge on any atom is 0.330 e. The Morgan fingerprint density at radius 2 is 2.06 bits per heavy atom. The monoisotopic (exact) mass is 259 g/mol. The van der Waals surface area contributed by atoms with Gasteiger partial charge in [-0.25, -0.2) is 4.79 Å². The first kappa shape index (κ1) is 17.1. The normalized spacial score (nSPS) is 11.0. The second kappa shape index (κ2) is 14.2. The van der Waals surface area contributed by atoms with Crippen molar-refractivity contribution in [2.45, 2.75) is 19.8 Å². The molecule has 0 radical (unpaired) electrons. The lowest BCUT2D eigenvalue weighted by atomic mass is 10.3. The molecule has 0 heterocycles. The first-order chi connectivity index (χ1) is 8.81. The van der Waals surface area contributed by atoms with Crippen LogP contribution >= 0.6 is 0 Å². The lowest BCUT2D eigenvalue weighted by molar-refractivity contribution is -0.137. The van der Waals surface area contributed by atoms with Crippen molar-refractivity contribution in [3.63, 3.8) is 0 Å². The van der Waals surface area contributed by atoms with E-state index in [4.69, 9.17) is 14.2 Å². The second-order valence-electron chi connectivity index (χ2n) is 3.67. The van der Waals surface area contributed by atoms with Crippen LogP contribution in [0.5, 0.6) is 0 Å². The molecule has 0 aromatic rings. The van der Waals surface area contributed by atoms with Gasteiger partial charge in [0, 0.05) is 26.3 Å². The van der Waals surface area contributed by atoms with Gasteiger partial charge in [0.2, 0.25) is 0 Å². The molecular weight excluding hydrogens is 234 g/mol. The Hall–Kier alpha value is -0.910. The Balaban J connectivity index is 3.13. The highest BCUT2D eigenvalue weighted by molar-refractivity contribution is 5.81. The molecule has 0 aliphatic heterocycles. The van der Waals surface area contributed by atoms with Gasteiger partial charge in [-0.3, -0.25) is 0 Å². The molecule has 0 bridgehead atoms. The van der Waals surface area contributed by atoms with Crippen LogP contribution in [0.1, 0.15) is 19.8 Å². The smallest absolute Gasteiger partial charge is 0.330 e. The van der Waals surface area contributed by atoms with Gasteiger partial charge >= 0.3 is 5.97 Å². The van der Waals surface area contributed by atoms with Gasteiger partial charge in [-0.1, -0.05) is 6.08 Å². The average Bonchev–Trinajstić information content (AvgIpc) is 2.36. The van der Waals surface area contributed by atoms with E-state index in [1.807, 2.05) is 0 Å². The van der Waals surface area contributed by atoms with E-state index in [1.165, 1.54) is 6.08 Å².